The van der Waals surface area contributed by atoms with Gasteiger partial charge in [-0.25, -0.2) is 4.79 Å². The summed E-state index contributed by atoms with van der Waals surface area (Å²) < 4.78 is 16.2. The van der Waals surface area contributed by atoms with Crippen LogP contribution in [0.1, 0.15) is 21.5 Å². The molecule has 0 amide bonds. The van der Waals surface area contributed by atoms with Crippen LogP contribution in [0.25, 0.3) is 0 Å². The molecule has 1 N–H and O–H groups in total. The Bertz CT molecular complexity index is 693. The first-order valence-corrected chi connectivity index (χ1v) is 6.49. The van der Waals surface area contributed by atoms with E-state index in [1.54, 1.807) is 25.1 Å². The topological polar surface area (TPSA) is 65.0 Å². The van der Waals surface area contributed by atoms with Gasteiger partial charge in [0.15, 0.2) is 11.5 Å². The van der Waals surface area contributed by atoms with E-state index in [1.807, 2.05) is 18.2 Å². The Morgan fingerprint density at radius 2 is 2.00 bits per heavy atom. The van der Waals surface area contributed by atoms with E-state index >= 15 is 0 Å². The van der Waals surface area contributed by atoms with E-state index in [4.69, 9.17) is 19.3 Å². The minimum absolute atomic E-state index is 0.246. The maximum absolute atomic E-state index is 11.0. The maximum Gasteiger partial charge on any atom is 0.335 e. The Balaban J connectivity index is 1.70. The zero-order valence-corrected chi connectivity index (χ0v) is 11.5. The van der Waals surface area contributed by atoms with Crippen LogP contribution in [0.4, 0.5) is 0 Å². The van der Waals surface area contributed by atoms with Gasteiger partial charge in [0, 0.05) is 0 Å². The summed E-state index contributed by atoms with van der Waals surface area (Å²) in [6.07, 6.45) is 0. The summed E-state index contributed by atoms with van der Waals surface area (Å²) in [6.45, 7) is 2.37. The molecule has 0 spiro atoms. The number of carbonyl (C=O) groups is 1. The zero-order chi connectivity index (χ0) is 14.8. The molecule has 21 heavy (non-hydrogen) atoms. The van der Waals surface area contributed by atoms with Crippen LogP contribution in [-0.4, -0.2) is 17.9 Å². The fourth-order valence-corrected chi connectivity index (χ4v) is 2.16. The van der Waals surface area contributed by atoms with Crippen molar-refractivity contribution < 1.29 is 24.1 Å². The Labute approximate surface area is 121 Å². The number of ether oxygens (including phenoxy) is 3. The fraction of sp³-hybridized carbons (Fsp3) is 0.188. The van der Waals surface area contributed by atoms with Crippen LogP contribution in [0.5, 0.6) is 17.2 Å². The van der Waals surface area contributed by atoms with Gasteiger partial charge in [-0.15, -0.1) is 0 Å². The molecule has 0 atom stereocenters. The van der Waals surface area contributed by atoms with Gasteiger partial charge in [-0.1, -0.05) is 6.07 Å². The average molecular weight is 286 g/mol. The third-order valence-corrected chi connectivity index (χ3v) is 3.27. The highest BCUT2D eigenvalue weighted by Gasteiger charge is 2.13. The molecule has 0 saturated heterocycles. The van der Waals surface area contributed by atoms with Crippen LogP contribution in [-0.2, 0) is 6.61 Å². The van der Waals surface area contributed by atoms with Gasteiger partial charge >= 0.3 is 5.97 Å². The van der Waals surface area contributed by atoms with Gasteiger partial charge < -0.3 is 19.3 Å². The van der Waals surface area contributed by atoms with E-state index in [0.717, 1.165) is 11.3 Å². The minimum atomic E-state index is -0.935. The lowest BCUT2D eigenvalue weighted by molar-refractivity contribution is 0.0696. The molecule has 2 aromatic rings. The minimum Gasteiger partial charge on any atom is -0.489 e. The quantitative estimate of drug-likeness (QED) is 0.936. The molecular formula is C16H14O5. The van der Waals surface area contributed by atoms with Gasteiger partial charge in [0.2, 0.25) is 6.79 Å². The monoisotopic (exact) mass is 286 g/mol. The van der Waals surface area contributed by atoms with Crippen molar-refractivity contribution in [1.82, 2.24) is 0 Å². The predicted molar refractivity (Wildman–Crippen MR) is 75.0 cm³/mol. The highest BCUT2D eigenvalue weighted by molar-refractivity contribution is 5.89. The summed E-state index contributed by atoms with van der Waals surface area (Å²) in [4.78, 5) is 11.0. The van der Waals surface area contributed by atoms with Crippen molar-refractivity contribution >= 4 is 5.97 Å². The number of hydrogen-bond acceptors (Lipinski definition) is 4. The van der Waals surface area contributed by atoms with Gasteiger partial charge in [-0.2, -0.15) is 0 Å². The number of aromatic carboxylic acids is 1. The van der Waals surface area contributed by atoms with Crippen LogP contribution in [0.2, 0.25) is 0 Å². The van der Waals surface area contributed by atoms with Crippen molar-refractivity contribution in [2.75, 3.05) is 6.79 Å². The lowest BCUT2D eigenvalue weighted by Gasteiger charge is -2.09. The number of hydrogen-bond donors (Lipinski definition) is 1. The molecule has 3 rings (SSSR count). The Hall–Kier alpha value is -2.69. The van der Waals surface area contributed by atoms with Crippen molar-refractivity contribution in [1.29, 1.82) is 0 Å². The van der Waals surface area contributed by atoms with Gasteiger partial charge in [-0.05, 0) is 48.4 Å². The SMILES string of the molecule is Cc1cc(OCc2ccc3c(c2)OCO3)ccc1C(=O)O. The fourth-order valence-electron chi connectivity index (χ4n) is 2.16. The highest BCUT2D eigenvalue weighted by atomic mass is 16.7. The van der Waals surface area contributed by atoms with Crippen molar-refractivity contribution in [2.45, 2.75) is 13.5 Å². The van der Waals surface area contributed by atoms with E-state index in [-0.39, 0.29) is 12.4 Å². The van der Waals surface area contributed by atoms with Crippen molar-refractivity contribution in [3.63, 3.8) is 0 Å². The Morgan fingerprint density at radius 1 is 1.19 bits per heavy atom. The lowest BCUT2D eigenvalue weighted by Crippen LogP contribution is -2.01. The number of fused-ring (bicyclic) bond motifs is 1. The van der Waals surface area contributed by atoms with Crippen LogP contribution in [0.3, 0.4) is 0 Å². The average Bonchev–Trinajstić information content (AvgIpc) is 2.92. The molecule has 1 aliphatic heterocycles. The molecule has 0 bridgehead atoms. The van der Waals surface area contributed by atoms with Crippen molar-refractivity contribution in [3.8, 4) is 17.2 Å². The van der Waals surface area contributed by atoms with E-state index in [0.29, 0.717) is 23.7 Å². The number of aryl methyl sites for hydroxylation is 1. The second kappa shape index (κ2) is 5.36. The molecule has 0 aromatic heterocycles. The standard InChI is InChI=1S/C16H14O5/c1-10-6-12(3-4-13(10)16(17)18)19-8-11-2-5-14-15(7-11)21-9-20-14/h2-7H,8-9H2,1H3,(H,17,18). The van der Waals surface area contributed by atoms with E-state index in [2.05, 4.69) is 0 Å². The number of carboxylic acid groups (broad SMARTS) is 1. The first-order chi connectivity index (χ1) is 10.1. The maximum atomic E-state index is 11.0. The lowest BCUT2D eigenvalue weighted by atomic mass is 10.1. The molecule has 2 aromatic carbocycles. The molecule has 108 valence electrons. The van der Waals surface area contributed by atoms with Gasteiger partial charge in [-0.3, -0.25) is 0 Å². The van der Waals surface area contributed by atoms with Crippen LogP contribution in [0.15, 0.2) is 36.4 Å². The van der Waals surface area contributed by atoms with Crippen LogP contribution >= 0.6 is 0 Å². The van der Waals surface area contributed by atoms with Gasteiger partial charge in [0.05, 0.1) is 5.56 Å². The number of carboxylic acids is 1. The molecule has 5 nitrogen and oxygen atoms in total. The third-order valence-electron chi connectivity index (χ3n) is 3.27. The number of benzene rings is 2. The molecule has 5 heteroatoms. The smallest absolute Gasteiger partial charge is 0.335 e. The van der Waals surface area contributed by atoms with E-state index in [1.165, 1.54) is 0 Å². The molecule has 1 heterocycles. The molecule has 0 fully saturated rings. The molecule has 0 aliphatic carbocycles. The largest absolute Gasteiger partial charge is 0.489 e. The van der Waals surface area contributed by atoms with Gasteiger partial charge in [0.1, 0.15) is 12.4 Å². The summed E-state index contributed by atoms with van der Waals surface area (Å²) in [7, 11) is 0. The Kier molecular flexibility index (Phi) is 3.39. The summed E-state index contributed by atoms with van der Waals surface area (Å²) in [5.74, 6) is 1.15. The number of rotatable bonds is 4. The normalized spacial score (nSPS) is 12.2. The summed E-state index contributed by atoms with van der Waals surface area (Å²) in [5, 5.41) is 8.99. The first-order valence-electron chi connectivity index (χ1n) is 6.49. The summed E-state index contributed by atoms with van der Waals surface area (Å²) >= 11 is 0. The van der Waals surface area contributed by atoms with Gasteiger partial charge in [0.25, 0.3) is 0 Å². The van der Waals surface area contributed by atoms with Crippen molar-refractivity contribution in [3.05, 3.63) is 53.1 Å². The Morgan fingerprint density at radius 3 is 2.76 bits per heavy atom. The highest BCUT2D eigenvalue weighted by Crippen LogP contribution is 2.32. The van der Waals surface area contributed by atoms with Crippen molar-refractivity contribution in [2.24, 2.45) is 0 Å². The molecule has 0 radical (unpaired) electrons. The third kappa shape index (κ3) is 2.76. The van der Waals surface area contributed by atoms with E-state index in [9.17, 15) is 4.79 Å². The molecule has 1 aliphatic rings. The molecule has 0 saturated carbocycles. The predicted octanol–water partition coefficient (Wildman–Crippen LogP) is 3.00. The second-order valence-electron chi connectivity index (χ2n) is 4.76. The second-order valence-corrected chi connectivity index (χ2v) is 4.76. The van der Waals surface area contributed by atoms with E-state index < -0.39 is 5.97 Å². The zero-order valence-electron chi connectivity index (χ0n) is 11.5. The summed E-state index contributed by atoms with van der Waals surface area (Å²) in [6, 6.07) is 10.6. The molecule has 0 unspecified atom stereocenters. The summed E-state index contributed by atoms with van der Waals surface area (Å²) in [5.41, 5.74) is 1.91. The van der Waals surface area contributed by atoms with Crippen LogP contribution in [0, 0.1) is 6.92 Å². The first kappa shape index (κ1) is 13.3. The molecular weight excluding hydrogens is 272 g/mol. The van der Waals surface area contributed by atoms with Crippen LogP contribution < -0.4 is 14.2 Å².